The van der Waals surface area contributed by atoms with Gasteiger partial charge < -0.3 is 5.32 Å². The highest BCUT2D eigenvalue weighted by atomic mass is 32.1. The maximum atomic E-state index is 11.2. The number of non-ortho nitro benzene ring substituents is 1. The van der Waals surface area contributed by atoms with Gasteiger partial charge in [0.15, 0.2) is 5.57 Å². The normalized spacial score (nSPS) is 9.55. The predicted molar refractivity (Wildman–Crippen MR) is 107 cm³/mol. The van der Waals surface area contributed by atoms with Gasteiger partial charge in [0.05, 0.1) is 10.6 Å². The van der Waals surface area contributed by atoms with Crippen molar-refractivity contribution >= 4 is 22.7 Å². The third-order valence-electron chi connectivity index (χ3n) is 3.86. The first-order chi connectivity index (χ1) is 14.1. The van der Waals surface area contributed by atoms with Crippen molar-refractivity contribution in [3.63, 3.8) is 0 Å². The Morgan fingerprint density at radius 3 is 2.41 bits per heavy atom. The van der Waals surface area contributed by atoms with Gasteiger partial charge in [-0.3, -0.25) is 10.1 Å². The summed E-state index contributed by atoms with van der Waals surface area (Å²) in [6.07, 6.45) is 0. The number of thiazole rings is 1. The zero-order valence-corrected chi connectivity index (χ0v) is 15.5. The summed E-state index contributed by atoms with van der Waals surface area (Å²) in [6, 6.07) is 18.5. The van der Waals surface area contributed by atoms with Crippen molar-refractivity contribution in [1.82, 2.24) is 4.98 Å². The Labute approximate surface area is 169 Å². The number of nitrogens with one attached hydrogen (secondary N) is 1. The fourth-order valence-corrected chi connectivity index (χ4v) is 3.35. The van der Waals surface area contributed by atoms with E-state index in [1.54, 1.807) is 18.2 Å². The molecule has 0 radical (unpaired) electrons. The minimum absolute atomic E-state index is 0.148. The Bertz CT molecular complexity index is 1230. The van der Waals surface area contributed by atoms with Crippen LogP contribution in [0.3, 0.4) is 0 Å². The van der Waals surface area contributed by atoms with Gasteiger partial charge in [-0.2, -0.15) is 15.8 Å². The molecule has 0 bridgehead atoms. The van der Waals surface area contributed by atoms with E-state index in [4.69, 9.17) is 10.5 Å². The Hall–Kier alpha value is -4.52. The quantitative estimate of drug-likeness (QED) is 0.375. The molecule has 1 aromatic heterocycles. The SMILES string of the molecule is N#CC(C#N)=C(C#N)Nc1ccc([N+](=O)[O-])cc1-c1nc(-c2ccccc2)cs1. The number of anilines is 1. The second-order valence-corrected chi connectivity index (χ2v) is 6.46. The zero-order valence-electron chi connectivity index (χ0n) is 14.7. The molecule has 0 aliphatic carbocycles. The van der Waals surface area contributed by atoms with E-state index in [1.807, 2.05) is 35.7 Å². The molecule has 9 heteroatoms. The largest absolute Gasteiger partial charge is 0.345 e. The molecule has 1 N–H and O–H groups in total. The third-order valence-corrected chi connectivity index (χ3v) is 4.74. The van der Waals surface area contributed by atoms with Crippen molar-refractivity contribution < 1.29 is 4.92 Å². The van der Waals surface area contributed by atoms with Crippen LogP contribution in [-0.2, 0) is 0 Å². The predicted octanol–water partition coefficient (Wildman–Crippen LogP) is 4.62. The lowest BCUT2D eigenvalue weighted by Gasteiger charge is -2.09. The second kappa shape index (κ2) is 8.45. The summed E-state index contributed by atoms with van der Waals surface area (Å²) in [5.74, 6) is 0. The van der Waals surface area contributed by atoms with Crippen LogP contribution in [0.25, 0.3) is 21.8 Å². The highest BCUT2D eigenvalue weighted by Crippen LogP contribution is 2.36. The van der Waals surface area contributed by atoms with Crippen molar-refractivity contribution in [2.75, 3.05) is 5.32 Å². The van der Waals surface area contributed by atoms with Crippen LogP contribution < -0.4 is 5.32 Å². The van der Waals surface area contributed by atoms with Crippen molar-refractivity contribution in [2.45, 2.75) is 0 Å². The van der Waals surface area contributed by atoms with Gasteiger partial charge in [0.25, 0.3) is 5.69 Å². The van der Waals surface area contributed by atoms with Gasteiger partial charge in [0.2, 0.25) is 0 Å². The maximum absolute atomic E-state index is 11.2. The van der Waals surface area contributed by atoms with Crippen LogP contribution in [0.2, 0.25) is 0 Å². The number of hydrogen-bond acceptors (Lipinski definition) is 8. The van der Waals surface area contributed by atoms with Crippen LogP contribution in [0.1, 0.15) is 0 Å². The number of aromatic nitrogens is 1. The van der Waals surface area contributed by atoms with Crippen molar-refractivity contribution in [3.05, 3.63) is 75.3 Å². The number of rotatable bonds is 5. The number of nitrogens with zero attached hydrogens (tertiary/aromatic N) is 5. The molecule has 3 aromatic rings. The maximum Gasteiger partial charge on any atom is 0.270 e. The first-order valence-electron chi connectivity index (χ1n) is 8.08. The molecule has 29 heavy (non-hydrogen) atoms. The van der Waals surface area contributed by atoms with E-state index in [0.29, 0.717) is 22.0 Å². The van der Waals surface area contributed by atoms with Crippen molar-refractivity contribution in [3.8, 4) is 40.0 Å². The summed E-state index contributed by atoms with van der Waals surface area (Å²) < 4.78 is 0. The molecule has 0 aliphatic rings. The number of hydrogen-bond donors (Lipinski definition) is 1. The summed E-state index contributed by atoms with van der Waals surface area (Å²) >= 11 is 1.28. The standard InChI is InChI=1S/C20H10N6O2S/c21-9-14(10-22)18(11-23)24-17-7-6-15(26(27)28)8-16(17)20-25-19(12-29-20)13-4-2-1-3-5-13/h1-8,12,24H. The minimum Gasteiger partial charge on any atom is -0.345 e. The number of nitriles is 3. The van der Waals surface area contributed by atoms with E-state index in [-0.39, 0.29) is 17.0 Å². The van der Waals surface area contributed by atoms with Crippen molar-refractivity contribution in [2.24, 2.45) is 0 Å². The molecular formula is C20H10N6O2S. The van der Waals surface area contributed by atoms with E-state index in [9.17, 15) is 15.4 Å². The molecular weight excluding hydrogens is 388 g/mol. The Morgan fingerprint density at radius 1 is 1.07 bits per heavy atom. The molecule has 2 aromatic carbocycles. The van der Waals surface area contributed by atoms with Gasteiger partial charge in [-0.05, 0) is 6.07 Å². The first kappa shape index (κ1) is 19.2. The molecule has 0 fully saturated rings. The van der Waals surface area contributed by atoms with Crippen LogP contribution in [0.5, 0.6) is 0 Å². The van der Waals surface area contributed by atoms with Gasteiger partial charge in [-0.25, -0.2) is 4.98 Å². The fourth-order valence-electron chi connectivity index (χ4n) is 2.49. The van der Waals surface area contributed by atoms with Gasteiger partial charge in [0, 0.05) is 34.3 Å². The van der Waals surface area contributed by atoms with Crippen LogP contribution in [0, 0.1) is 44.1 Å². The lowest BCUT2D eigenvalue weighted by atomic mass is 10.1. The number of nitro groups is 1. The molecule has 0 saturated carbocycles. The highest BCUT2D eigenvalue weighted by Gasteiger charge is 2.17. The minimum atomic E-state index is -0.532. The molecule has 0 aliphatic heterocycles. The van der Waals surface area contributed by atoms with Crippen molar-refractivity contribution in [1.29, 1.82) is 15.8 Å². The molecule has 1 heterocycles. The molecule has 0 spiro atoms. The third kappa shape index (κ3) is 4.09. The molecule has 0 atom stereocenters. The van der Waals surface area contributed by atoms with E-state index in [0.717, 1.165) is 5.56 Å². The van der Waals surface area contributed by atoms with Gasteiger partial charge >= 0.3 is 0 Å². The lowest BCUT2D eigenvalue weighted by molar-refractivity contribution is -0.384. The van der Waals surface area contributed by atoms with Gasteiger partial charge in [0.1, 0.15) is 28.9 Å². The second-order valence-electron chi connectivity index (χ2n) is 5.60. The average Bonchev–Trinajstić information content (AvgIpc) is 3.24. The molecule has 8 nitrogen and oxygen atoms in total. The number of benzene rings is 2. The van der Waals surface area contributed by atoms with Crippen LogP contribution in [0.15, 0.2) is 65.2 Å². The lowest BCUT2D eigenvalue weighted by Crippen LogP contribution is -2.02. The zero-order chi connectivity index (χ0) is 20.8. The topological polar surface area (TPSA) is 139 Å². The van der Waals surface area contributed by atoms with Crippen LogP contribution >= 0.6 is 11.3 Å². The molecule has 0 unspecified atom stereocenters. The van der Waals surface area contributed by atoms with E-state index in [2.05, 4.69) is 10.3 Å². The Balaban J connectivity index is 2.12. The number of allylic oxidation sites excluding steroid dienone is 2. The fraction of sp³-hybridized carbons (Fsp3) is 0. The average molecular weight is 398 g/mol. The molecule has 0 saturated heterocycles. The molecule has 3 rings (SSSR count). The summed E-state index contributed by atoms with van der Waals surface area (Å²) in [4.78, 5) is 15.2. The van der Waals surface area contributed by atoms with E-state index >= 15 is 0 Å². The monoisotopic (exact) mass is 398 g/mol. The summed E-state index contributed by atoms with van der Waals surface area (Å²) in [6.45, 7) is 0. The van der Waals surface area contributed by atoms with Crippen LogP contribution in [0.4, 0.5) is 11.4 Å². The summed E-state index contributed by atoms with van der Waals surface area (Å²) in [7, 11) is 0. The van der Waals surface area contributed by atoms with Gasteiger partial charge in [-0.1, -0.05) is 30.3 Å². The van der Waals surface area contributed by atoms with E-state index in [1.165, 1.54) is 29.5 Å². The van der Waals surface area contributed by atoms with Gasteiger partial charge in [-0.15, -0.1) is 11.3 Å². The van der Waals surface area contributed by atoms with Crippen LogP contribution in [-0.4, -0.2) is 9.91 Å². The highest BCUT2D eigenvalue weighted by molar-refractivity contribution is 7.13. The first-order valence-corrected chi connectivity index (χ1v) is 8.96. The Kier molecular flexibility index (Phi) is 5.61. The number of nitro benzene ring substituents is 1. The smallest absolute Gasteiger partial charge is 0.270 e. The Morgan fingerprint density at radius 2 is 1.79 bits per heavy atom. The summed E-state index contributed by atoms with van der Waals surface area (Å²) in [5.41, 5.74) is 1.52. The molecule has 138 valence electrons. The van der Waals surface area contributed by atoms with E-state index < -0.39 is 4.92 Å². The molecule has 0 amide bonds. The summed E-state index contributed by atoms with van der Waals surface area (Å²) in [5, 5.41) is 43.6.